The van der Waals surface area contributed by atoms with Crippen molar-refractivity contribution in [2.75, 3.05) is 13.2 Å². The zero-order chi connectivity index (χ0) is 21.5. The Morgan fingerprint density at radius 3 is 2.43 bits per heavy atom. The van der Waals surface area contributed by atoms with Crippen LogP contribution in [0, 0.1) is 6.92 Å². The average Bonchev–Trinajstić information content (AvgIpc) is 3.13. The maximum absolute atomic E-state index is 11.9. The van der Waals surface area contributed by atoms with Gasteiger partial charge in [-0.25, -0.2) is 5.01 Å². The third-order valence-corrected chi connectivity index (χ3v) is 5.43. The van der Waals surface area contributed by atoms with Gasteiger partial charge in [0.05, 0.1) is 13.2 Å². The van der Waals surface area contributed by atoms with Gasteiger partial charge in [-0.1, -0.05) is 42.1 Å². The molecule has 2 aromatic rings. The molecule has 0 spiro atoms. The van der Waals surface area contributed by atoms with Crippen molar-refractivity contribution in [2.24, 2.45) is 5.10 Å². The number of carbonyl (C=O) groups excluding carboxylic acids is 2. The van der Waals surface area contributed by atoms with Crippen molar-refractivity contribution in [3.05, 3.63) is 59.7 Å². The molecule has 30 heavy (non-hydrogen) atoms. The molecule has 1 heterocycles. The molecule has 3 rings (SSSR count). The summed E-state index contributed by atoms with van der Waals surface area (Å²) in [4.78, 5) is 23.2. The van der Waals surface area contributed by atoms with Crippen molar-refractivity contribution < 1.29 is 19.1 Å². The number of benzene rings is 2. The summed E-state index contributed by atoms with van der Waals surface area (Å²) in [5.74, 6) is 1.23. The molecule has 2 amide bonds. The Kier molecular flexibility index (Phi) is 7.35. The van der Waals surface area contributed by atoms with Crippen LogP contribution >= 0.6 is 11.8 Å². The average molecular weight is 428 g/mol. The summed E-state index contributed by atoms with van der Waals surface area (Å²) in [6.07, 6.45) is 0.764. The fraction of sp³-hybridized carbons (Fsp3) is 0.318. The Balaban J connectivity index is 1.49. The number of amides is 2. The Labute approximate surface area is 180 Å². The second-order valence-electron chi connectivity index (χ2n) is 6.81. The fourth-order valence-electron chi connectivity index (χ4n) is 2.86. The molecule has 1 N–H and O–H groups in total. The molecule has 0 aromatic heterocycles. The summed E-state index contributed by atoms with van der Waals surface area (Å²) in [6.45, 7) is 6.00. The van der Waals surface area contributed by atoms with E-state index in [9.17, 15) is 9.59 Å². The number of thioether (sulfide) groups is 1. The normalized spacial score (nSPS) is 15.5. The Morgan fingerprint density at radius 2 is 1.77 bits per heavy atom. The van der Waals surface area contributed by atoms with Crippen molar-refractivity contribution >= 4 is 28.7 Å². The molecule has 0 aliphatic carbocycles. The maximum Gasteiger partial charge on any atom is 0.241 e. The van der Waals surface area contributed by atoms with Gasteiger partial charge in [-0.2, -0.15) is 0 Å². The number of amidine groups is 1. The molecule has 0 bridgehead atoms. The molecule has 2 aromatic carbocycles. The topological polar surface area (TPSA) is 80.2 Å². The van der Waals surface area contributed by atoms with Crippen LogP contribution in [0.4, 0.5) is 0 Å². The lowest BCUT2D eigenvalue weighted by Gasteiger charge is -2.19. The van der Waals surface area contributed by atoms with Gasteiger partial charge in [0, 0.05) is 20.3 Å². The van der Waals surface area contributed by atoms with Gasteiger partial charge in [0.2, 0.25) is 11.8 Å². The molecular formula is C22H25N3O4S. The minimum absolute atomic E-state index is 0.193. The number of aryl methyl sites for hydroxylation is 1. The van der Waals surface area contributed by atoms with Gasteiger partial charge >= 0.3 is 0 Å². The molecule has 1 aliphatic heterocycles. The molecule has 0 radical (unpaired) electrons. The van der Waals surface area contributed by atoms with Crippen LogP contribution in [0.15, 0.2) is 53.6 Å². The number of nitrogens with zero attached hydrogens (tertiary/aromatic N) is 2. The van der Waals surface area contributed by atoms with Crippen LogP contribution in [0.3, 0.4) is 0 Å². The first-order valence-electron chi connectivity index (χ1n) is 9.68. The first kappa shape index (κ1) is 21.7. The molecule has 0 unspecified atom stereocenters. The van der Waals surface area contributed by atoms with E-state index in [1.165, 1.54) is 30.6 Å². The molecule has 0 saturated carbocycles. The Bertz CT molecular complexity index is 930. The van der Waals surface area contributed by atoms with Crippen molar-refractivity contribution in [2.45, 2.75) is 32.6 Å². The summed E-state index contributed by atoms with van der Waals surface area (Å²) in [5, 5.41) is 8.30. The lowest BCUT2D eigenvalue weighted by molar-refractivity contribution is -0.129. The van der Waals surface area contributed by atoms with Crippen LogP contribution < -0.4 is 14.8 Å². The van der Waals surface area contributed by atoms with E-state index >= 15 is 0 Å². The molecular weight excluding hydrogens is 402 g/mol. The van der Waals surface area contributed by atoms with E-state index in [0.717, 1.165) is 29.0 Å². The SMILES string of the molecule is CC(=O)NC1=NN(C(C)=O)[C@H](c2ccc(OCCCOc3ccccc3C)cc2)S1. The molecule has 0 saturated heterocycles. The molecule has 7 nitrogen and oxygen atoms in total. The van der Waals surface area contributed by atoms with E-state index in [1.807, 2.05) is 55.5 Å². The molecule has 158 valence electrons. The Hall–Kier alpha value is -3.00. The zero-order valence-electron chi connectivity index (χ0n) is 17.3. The van der Waals surface area contributed by atoms with Crippen LogP contribution in [0.2, 0.25) is 0 Å². The van der Waals surface area contributed by atoms with Crippen molar-refractivity contribution in [3.8, 4) is 11.5 Å². The van der Waals surface area contributed by atoms with Gasteiger partial charge in [-0.15, -0.1) is 5.10 Å². The summed E-state index contributed by atoms with van der Waals surface area (Å²) in [6, 6.07) is 15.5. The standard InChI is InChI=1S/C22H25N3O4S/c1-15-7-4-5-8-20(15)29-14-6-13-28-19-11-9-18(10-12-19)21-25(17(3)27)24-22(30-21)23-16(2)26/h4-5,7-12,21H,6,13-14H2,1-3H3,(H,23,24,26)/t21-/m0/s1. The number of carbonyl (C=O) groups is 2. The number of hydrogen-bond acceptors (Lipinski definition) is 6. The van der Waals surface area contributed by atoms with E-state index in [-0.39, 0.29) is 17.2 Å². The highest BCUT2D eigenvalue weighted by atomic mass is 32.2. The number of ether oxygens (including phenoxy) is 2. The van der Waals surface area contributed by atoms with E-state index in [2.05, 4.69) is 10.4 Å². The van der Waals surface area contributed by atoms with Gasteiger partial charge in [-0.05, 0) is 36.2 Å². The van der Waals surface area contributed by atoms with E-state index in [0.29, 0.717) is 18.4 Å². The van der Waals surface area contributed by atoms with Crippen LogP contribution in [-0.4, -0.2) is 35.2 Å². The number of nitrogens with one attached hydrogen (secondary N) is 1. The maximum atomic E-state index is 11.9. The minimum Gasteiger partial charge on any atom is -0.493 e. The summed E-state index contributed by atoms with van der Waals surface area (Å²) >= 11 is 1.32. The number of rotatable bonds is 7. The fourth-order valence-corrected chi connectivity index (χ4v) is 4.00. The van der Waals surface area contributed by atoms with Gasteiger partial charge in [0.25, 0.3) is 0 Å². The molecule has 1 aliphatic rings. The predicted octanol–water partition coefficient (Wildman–Crippen LogP) is 3.84. The monoisotopic (exact) mass is 427 g/mol. The summed E-state index contributed by atoms with van der Waals surface area (Å²) in [7, 11) is 0. The third-order valence-electron chi connectivity index (χ3n) is 4.32. The van der Waals surface area contributed by atoms with Gasteiger partial charge in [0.15, 0.2) is 5.17 Å². The van der Waals surface area contributed by atoms with E-state index in [1.54, 1.807) is 0 Å². The molecule has 0 fully saturated rings. The highest BCUT2D eigenvalue weighted by molar-refractivity contribution is 8.14. The van der Waals surface area contributed by atoms with Crippen molar-refractivity contribution in [1.29, 1.82) is 0 Å². The van der Waals surface area contributed by atoms with Crippen LogP contribution in [0.5, 0.6) is 11.5 Å². The minimum atomic E-state index is -0.319. The van der Waals surface area contributed by atoms with E-state index in [4.69, 9.17) is 9.47 Å². The first-order valence-corrected chi connectivity index (χ1v) is 10.6. The lowest BCUT2D eigenvalue weighted by Crippen LogP contribution is -2.25. The first-order chi connectivity index (χ1) is 14.4. The predicted molar refractivity (Wildman–Crippen MR) is 117 cm³/mol. The van der Waals surface area contributed by atoms with Crippen LogP contribution in [0.1, 0.15) is 36.8 Å². The zero-order valence-corrected chi connectivity index (χ0v) is 18.1. The quantitative estimate of drug-likeness (QED) is 0.679. The van der Waals surface area contributed by atoms with Gasteiger partial charge in [0.1, 0.15) is 16.9 Å². The number of hydrogen-bond donors (Lipinski definition) is 1. The van der Waals surface area contributed by atoms with Crippen molar-refractivity contribution in [1.82, 2.24) is 10.3 Å². The third kappa shape index (κ3) is 5.76. The second kappa shape index (κ2) is 10.2. The number of para-hydroxylation sites is 1. The molecule has 1 atom stereocenters. The lowest BCUT2D eigenvalue weighted by atomic mass is 10.2. The molecule has 8 heteroatoms. The summed E-state index contributed by atoms with van der Waals surface area (Å²) < 4.78 is 11.6. The van der Waals surface area contributed by atoms with Gasteiger partial charge < -0.3 is 14.8 Å². The Morgan fingerprint density at radius 1 is 1.07 bits per heavy atom. The van der Waals surface area contributed by atoms with Gasteiger partial charge in [-0.3, -0.25) is 9.59 Å². The highest BCUT2D eigenvalue weighted by Gasteiger charge is 2.32. The van der Waals surface area contributed by atoms with Crippen LogP contribution in [-0.2, 0) is 9.59 Å². The highest BCUT2D eigenvalue weighted by Crippen LogP contribution is 2.39. The van der Waals surface area contributed by atoms with E-state index < -0.39 is 0 Å². The van der Waals surface area contributed by atoms with Crippen LogP contribution in [0.25, 0.3) is 0 Å². The summed E-state index contributed by atoms with van der Waals surface area (Å²) in [5.41, 5.74) is 2.01. The largest absolute Gasteiger partial charge is 0.493 e. The number of hydrazone groups is 1. The van der Waals surface area contributed by atoms with Crippen molar-refractivity contribution in [3.63, 3.8) is 0 Å². The smallest absolute Gasteiger partial charge is 0.241 e. The second-order valence-corrected chi connectivity index (χ2v) is 7.87.